The molecule has 0 unspecified atom stereocenters. The van der Waals surface area contributed by atoms with Crippen LogP contribution in [0.15, 0.2) is 36.4 Å². The lowest BCUT2D eigenvalue weighted by molar-refractivity contribution is -0.137. The van der Waals surface area contributed by atoms with Crippen LogP contribution in [-0.2, 0) is 4.79 Å². The van der Waals surface area contributed by atoms with Crippen molar-refractivity contribution in [2.45, 2.75) is 32.2 Å². The monoisotopic (exact) mass is 454 g/mol. The Morgan fingerprint density at radius 2 is 1.61 bits per heavy atom. The third-order valence-corrected chi connectivity index (χ3v) is 6.84. The largest absolute Gasteiger partial charge is 0.493 e. The average molecular weight is 455 g/mol. The van der Waals surface area contributed by atoms with Gasteiger partial charge in [-0.1, -0.05) is 32.0 Å². The highest BCUT2D eigenvalue weighted by Gasteiger charge is 2.46. The zero-order valence-corrected chi connectivity index (χ0v) is 19.8. The first kappa shape index (κ1) is 23.1. The molecular formula is C26H31FN2O4. The minimum Gasteiger partial charge on any atom is -0.493 e. The van der Waals surface area contributed by atoms with E-state index in [1.807, 2.05) is 4.90 Å². The van der Waals surface area contributed by atoms with Crippen molar-refractivity contribution in [1.82, 2.24) is 9.80 Å². The zero-order valence-electron chi connectivity index (χ0n) is 19.8. The zero-order chi connectivity index (χ0) is 23.9. The summed E-state index contributed by atoms with van der Waals surface area (Å²) < 4.78 is 25.9. The molecule has 6 nitrogen and oxygen atoms in total. The number of likely N-dealkylation sites (N-methyl/N-ethyl adjacent to an activating group) is 1. The molecule has 2 aliphatic rings. The summed E-state index contributed by atoms with van der Waals surface area (Å²) in [5.74, 6) is -0.0121. The number of likely N-dealkylation sites (tertiary alicyclic amines) is 1. The van der Waals surface area contributed by atoms with Crippen LogP contribution in [-0.4, -0.2) is 56.0 Å². The molecule has 2 amide bonds. The Bertz CT molecular complexity index is 1060. The molecule has 1 fully saturated rings. The van der Waals surface area contributed by atoms with E-state index >= 15 is 4.39 Å². The third-order valence-electron chi connectivity index (χ3n) is 6.84. The Hall–Kier alpha value is -3.09. The lowest BCUT2D eigenvalue weighted by Gasteiger charge is -2.44. The number of amides is 2. The maximum Gasteiger partial charge on any atom is 0.254 e. The van der Waals surface area contributed by atoms with E-state index in [2.05, 4.69) is 13.8 Å². The van der Waals surface area contributed by atoms with Crippen molar-refractivity contribution in [1.29, 1.82) is 0 Å². The van der Waals surface area contributed by atoms with Gasteiger partial charge in [-0.2, -0.15) is 0 Å². The molecule has 0 saturated carbocycles. The molecule has 0 aliphatic carbocycles. The fourth-order valence-electron chi connectivity index (χ4n) is 5.46. The third kappa shape index (κ3) is 4.05. The SMILES string of the molecule is COc1cc2c(cc1OC)[C@H](C(=O)N1C[C@H](C)C[C@H](C)C1)[C@@H](c1ccccc1F)N(C)C2=O. The van der Waals surface area contributed by atoms with Gasteiger partial charge in [-0.25, -0.2) is 4.39 Å². The van der Waals surface area contributed by atoms with E-state index in [9.17, 15) is 9.59 Å². The second-order valence-electron chi connectivity index (χ2n) is 9.34. The van der Waals surface area contributed by atoms with Crippen LogP contribution in [0.25, 0.3) is 0 Å². The van der Waals surface area contributed by atoms with E-state index in [1.54, 1.807) is 37.4 Å². The Morgan fingerprint density at radius 1 is 1.00 bits per heavy atom. The number of rotatable bonds is 4. The standard InChI is InChI=1S/C26H31FN2O4/c1-15-10-16(2)14-29(13-15)26(31)23-18-11-21(32-4)22(33-5)12-19(18)25(30)28(3)24(23)17-8-6-7-9-20(17)27/h6-9,11-12,15-16,23-24H,10,13-14H2,1-5H3/t15-,16+,23-,24+/m0/s1. The summed E-state index contributed by atoms with van der Waals surface area (Å²) in [7, 11) is 4.64. The van der Waals surface area contributed by atoms with Gasteiger partial charge in [0.15, 0.2) is 11.5 Å². The number of ether oxygens (including phenoxy) is 2. The molecule has 0 N–H and O–H groups in total. The van der Waals surface area contributed by atoms with Crippen LogP contribution in [0.1, 0.15) is 53.7 Å². The highest BCUT2D eigenvalue weighted by Crippen LogP contribution is 2.47. The van der Waals surface area contributed by atoms with Crippen LogP contribution in [0.2, 0.25) is 0 Å². The number of nitrogens with zero attached hydrogens (tertiary/aromatic N) is 2. The average Bonchev–Trinajstić information content (AvgIpc) is 2.80. The maximum atomic E-state index is 15.0. The molecule has 7 heteroatoms. The quantitative estimate of drug-likeness (QED) is 0.693. The van der Waals surface area contributed by atoms with E-state index in [-0.39, 0.29) is 11.8 Å². The van der Waals surface area contributed by atoms with Gasteiger partial charge in [0.2, 0.25) is 5.91 Å². The number of hydrogen-bond acceptors (Lipinski definition) is 4. The van der Waals surface area contributed by atoms with Gasteiger partial charge in [0.25, 0.3) is 5.91 Å². The van der Waals surface area contributed by atoms with Gasteiger partial charge in [-0.05, 0) is 42.0 Å². The summed E-state index contributed by atoms with van der Waals surface area (Å²) in [6.07, 6.45) is 1.06. The summed E-state index contributed by atoms with van der Waals surface area (Å²) in [6.45, 7) is 5.57. The van der Waals surface area contributed by atoms with Gasteiger partial charge >= 0.3 is 0 Å². The van der Waals surface area contributed by atoms with Gasteiger partial charge in [0, 0.05) is 31.3 Å². The number of carbonyl (C=O) groups excluding carboxylic acids is 2. The van der Waals surface area contributed by atoms with Crippen LogP contribution in [0, 0.1) is 17.7 Å². The van der Waals surface area contributed by atoms with E-state index in [0.717, 1.165) is 6.42 Å². The lowest BCUT2D eigenvalue weighted by atomic mass is 9.78. The predicted molar refractivity (Wildman–Crippen MR) is 123 cm³/mol. The highest BCUT2D eigenvalue weighted by molar-refractivity contribution is 6.02. The molecule has 2 aromatic carbocycles. The van der Waals surface area contributed by atoms with Gasteiger partial charge in [-0.3, -0.25) is 9.59 Å². The molecule has 0 bridgehead atoms. The number of hydrogen-bond donors (Lipinski definition) is 0. The Morgan fingerprint density at radius 3 is 2.21 bits per heavy atom. The molecule has 0 radical (unpaired) electrons. The second kappa shape index (κ2) is 9.04. The van der Waals surface area contributed by atoms with Crippen molar-refractivity contribution in [2.24, 2.45) is 11.8 Å². The number of fused-ring (bicyclic) bond motifs is 1. The fourth-order valence-corrected chi connectivity index (χ4v) is 5.46. The predicted octanol–water partition coefficient (Wildman–Crippen LogP) is 4.26. The Labute approximate surface area is 194 Å². The molecule has 2 heterocycles. The summed E-state index contributed by atoms with van der Waals surface area (Å²) in [5, 5.41) is 0. The Kier molecular flexibility index (Phi) is 6.32. The first-order valence-electron chi connectivity index (χ1n) is 11.3. The van der Waals surface area contributed by atoms with Crippen molar-refractivity contribution < 1.29 is 23.5 Å². The highest BCUT2D eigenvalue weighted by atomic mass is 19.1. The van der Waals surface area contributed by atoms with Crippen LogP contribution < -0.4 is 9.47 Å². The topological polar surface area (TPSA) is 59.1 Å². The number of piperidine rings is 1. The number of carbonyl (C=O) groups is 2. The van der Waals surface area contributed by atoms with Crippen molar-refractivity contribution >= 4 is 11.8 Å². The summed E-state index contributed by atoms with van der Waals surface area (Å²) in [4.78, 5) is 30.9. The van der Waals surface area contributed by atoms with Gasteiger partial charge < -0.3 is 19.3 Å². The lowest BCUT2D eigenvalue weighted by Crippen LogP contribution is -2.50. The molecule has 0 aromatic heterocycles. The molecule has 33 heavy (non-hydrogen) atoms. The van der Waals surface area contributed by atoms with Gasteiger partial charge in [-0.15, -0.1) is 0 Å². The molecule has 0 spiro atoms. The molecular weight excluding hydrogens is 423 g/mol. The van der Waals surface area contributed by atoms with E-state index in [1.165, 1.54) is 25.2 Å². The van der Waals surface area contributed by atoms with E-state index < -0.39 is 17.8 Å². The van der Waals surface area contributed by atoms with Crippen LogP contribution in [0.5, 0.6) is 11.5 Å². The van der Waals surface area contributed by atoms with Crippen molar-refractivity contribution in [2.75, 3.05) is 34.4 Å². The maximum absolute atomic E-state index is 15.0. The molecule has 4 rings (SSSR count). The van der Waals surface area contributed by atoms with Crippen molar-refractivity contribution in [3.05, 3.63) is 58.9 Å². The van der Waals surface area contributed by atoms with Crippen molar-refractivity contribution in [3.8, 4) is 11.5 Å². The van der Waals surface area contributed by atoms with Crippen LogP contribution >= 0.6 is 0 Å². The molecule has 2 aliphatic heterocycles. The van der Waals surface area contributed by atoms with Gasteiger partial charge in [0.1, 0.15) is 5.82 Å². The minimum atomic E-state index is -0.774. The van der Waals surface area contributed by atoms with Crippen LogP contribution in [0.4, 0.5) is 4.39 Å². The van der Waals surface area contributed by atoms with E-state index in [0.29, 0.717) is 53.1 Å². The second-order valence-corrected chi connectivity index (χ2v) is 9.34. The smallest absolute Gasteiger partial charge is 0.254 e. The summed E-state index contributed by atoms with van der Waals surface area (Å²) in [6, 6.07) is 8.90. The number of halogens is 1. The molecule has 2 aromatic rings. The molecule has 176 valence electrons. The van der Waals surface area contributed by atoms with Gasteiger partial charge in [0.05, 0.1) is 26.2 Å². The number of benzene rings is 2. The fraction of sp³-hybridized carbons (Fsp3) is 0.462. The first-order valence-corrected chi connectivity index (χ1v) is 11.3. The normalized spacial score (nSPS) is 25.0. The molecule has 4 atom stereocenters. The van der Waals surface area contributed by atoms with Crippen LogP contribution in [0.3, 0.4) is 0 Å². The van der Waals surface area contributed by atoms with E-state index in [4.69, 9.17) is 9.47 Å². The van der Waals surface area contributed by atoms with Crippen molar-refractivity contribution in [3.63, 3.8) is 0 Å². The number of methoxy groups -OCH3 is 2. The Balaban J connectivity index is 1.91. The minimum absolute atomic E-state index is 0.102. The molecule has 1 saturated heterocycles. The summed E-state index contributed by atoms with van der Waals surface area (Å²) >= 11 is 0. The summed E-state index contributed by atoms with van der Waals surface area (Å²) in [5.41, 5.74) is 1.24. The first-order chi connectivity index (χ1) is 15.8.